The van der Waals surface area contributed by atoms with Crippen LogP contribution in [0.25, 0.3) is 0 Å². The molecule has 0 saturated heterocycles. The van der Waals surface area contributed by atoms with Gasteiger partial charge in [-0.3, -0.25) is 0 Å². The Kier molecular flexibility index (Phi) is 8.66. The van der Waals surface area contributed by atoms with Crippen LogP contribution in [0.4, 0.5) is 0 Å². The fraction of sp³-hybridized carbons (Fsp3) is 0.875. The van der Waals surface area contributed by atoms with Gasteiger partial charge in [0, 0.05) is 22.9 Å². The Bertz CT molecular complexity index is 247. The number of hydrogen-bond donors (Lipinski definition) is 1. The molecule has 1 aliphatic rings. The average molecular weight is 269 g/mol. The molecular weight excluding hydrogens is 238 g/mol. The van der Waals surface area contributed by atoms with Gasteiger partial charge in [0.15, 0.2) is 0 Å². The van der Waals surface area contributed by atoms with Crippen molar-refractivity contribution in [3.63, 3.8) is 0 Å². The molecule has 0 aromatic rings. The van der Waals surface area contributed by atoms with Gasteiger partial charge in [-0.05, 0) is 25.7 Å². The molecule has 0 bridgehead atoms. The summed E-state index contributed by atoms with van der Waals surface area (Å²) in [5.41, 5.74) is 1.57. The minimum Gasteiger partial charge on any atom is -0.387 e. The molecule has 0 saturated carbocycles. The Balaban J connectivity index is 2.38. The molecule has 0 aromatic heterocycles. The van der Waals surface area contributed by atoms with Crippen molar-refractivity contribution in [2.24, 2.45) is 5.92 Å². The summed E-state index contributed by atoms with van der Waals surface area (Å²) in [6, 6.07) is 0. The fourth-order valence-electron chi connectivity index (χ4n) is 2.80. The van der Waals surface area contributed by atoms with Gasteiger partial charge in [0.05, 0.1) is 0 Å². The Morgan fingerprint density at radius 2 is 1.83 bits per heavy atom. The first-order valence-electron chi connectivity index (χ1n) is 7.87. The molecule has 0 spiro atoms. The molecular formula is C16H31NS. The van der Waals surface area contributed by atoms with Gasteiger partial charge in [0.25, 0.3) is 0 Å². The van der Waals surface area contributed by atoms with E-state index in [2.05, 4.69) is 26.1 Å². The molecule has 1 unspecified atom stereocenters. The van der Waals surface area contributed by atoms with Crippen LogP contribution in [0, 0.1) is 5.92 Å². The highest BCUT2D eigenvalue weighted by atomic mass is 32.2. The molecule has 1 N–H and O–H groups in total. The largest absolute Gasteiger partial charge is 0.387 e. The number of unbranched alkanes of at least 4 members (excludes halogenated alkanes) is 4. The van der Waals surface area contributed by atoms with Gasteiger partial charge < -0.3 is 5.32 Å². The van der Waals surface area contributed by atoms with Crippen molar-refractivity contribution >= 4 is 11.8 Å². The third kappa shape index (κ3) is 5.69. The maximum Gasteiger partial charge on any atom is 0.0238 e. The number of nitrogens with one attached hydrogen (secondary N) is 1. The first kappa shape index (κ1) is 15.9. The molecule has 0 aliphatic carbocycles. The number of hydrogen-bond acceptors (Lipinski definition) is 2. The minimum absolute atomic E-state index is 0.796. The molecule has 2 heteroatoms. The van der Waals surface area contributed by atoms with Crippen LogP contribution in [-0.2, 0) is 0 Å². The summed E-state index contributed by atoms with van der Waals surface area (Å²) in [6.07, 6.45) is 11.1. The van der Waals surface area contributed by atoms with Gasteiger partial charge in [-0.15, -0.1) is 11.8 Å². The van der Waals surface area contributed by atoms with Gasteiger partial charge in [0.1, 0.15) is 0 Å². The average Bonchev–Trinajstić information content (AvgIpc) is 2.38. The maximum atomic E-state index is 3.66. The zero-order valence-corrected chi connectivity index (χ0v) is 13.4. The molecule has 0 radical (unpaired) electrons. The minimum atomic E-state index is 0.796. The van der Waals surface area contributed by atoms with Crippen LogP contribution in [0.2, 0.25) is 0 Å². The lowest BCUT2D eigenvalue weighted by Gasteiger charge is -2.27. The Morgan fingerprint density at radius 1 is 1.06 bits per heavy atom. The van der Waals surface area contributed by atoms with Gasteiger partial charge >= 0.3 is 0 Å². The van der Waals surface area contributed by atoms with E-state index in [0.29, 0.717) is 0 Å². The summed E-state index contributed by atoms with van der Waals surface area (Å²) < 4.78 is 0. The van der Waals surface area contributed by atoms with Crippen LogP contribution < -0.4 is 5.32 Å². The first-order chi connectivity index (χ1) is 8.79. The smallest absolute Gasteiger partial charge is 0.0238 e. The molecule has 1 rings (SSSR count). The first-order valence-corrected chi connectivity index (χ1v) is 8.85. The van der Waals surface area contributed by atoms with Gasteiger partial charge in [-0.2, -0.15) is 0 Å². The Hall–Kier alpha value is -0.110. The van der Waals surface area contributed by atoms with E-state index in [4.69, 9.17) is 0 Å². The van der Waals surface area contributed by atoms with Gasteiger partial charge in [-0.1, -0.05) is 52.4 Å². The number of allylic oxidation sites excluding steroid dienone is 2. The zero-order valence-electron chi connectivity index (χ0n) is 12.6. The summed E-state index contributed by atoms with van der Waals surface area (Å²) in [4.78, 5) is 1.55. The molecule has 0 amide bonds. The van der Waals surface area contributed by atoms with Crippen LogP contribution in [0.15, 0.2) is 10.6 Å². The highest BCUT2D eigenvalue weighted by molar-refractivity contribution is 8.03. The van der Waals surface area contributed by atoms with E-state index in [1.54, 1.807) is 10.6 Å². The third-order valence-electron chi connectivity index (χ3n) is 3.82. The lowest BCUT2D eigenvalue weighted by atomic mass is 9.92. The van der Waals surface area contributed by atoms with E-state index < -0.39 is 0 Å². The molecule has 1 heterocycles. The highest BCUT2D eigenvalue weighted by Gasteiger charge is 2.18. The van der Waals surface area contributed by atoms with Crippen molar-refractivity contribution in [1.82, 2.24) is 5.32 Å². The predicted molar refractivity (Wildman–Crippen MR) is 84.9 cm³/mol. The van der Waals surface area contributed by atoms with Gasteiger partial charge in [-0.25, -0.2) is 0 Å². The van der Waals surface area contributed by atoms with Crippen molar-refractivity contribution in [1.29, 1.82) is 0 Å². The van der Waals surface area contributed by atoms with E-state index in [-0.39, 0.29) is 0 Å². The van der Waals surface area contributed by atoms with Crippen LogP contribution >= 0.6 is 11.8 Å². The molecule has 106 valence electrons. The predicted octanol–water partition coefficient (Wildman–Crippen LogP) is 5.33. The van der Waals surface area contributed by atoms with E-state index in [1.807, 2.05) is 11.8 Å². The Morgan fingerprint density at radius 3 is 2.50 bits per heavy atom. The molecule has 0 aromatic carbocycles. The summed E-state index contributed by atoms with van der Waals surface area (Å²) in [7, 11) is 0. The fourth-order valence-corrected chi connectivity index (χ4v) is 3.70. The van der Waals surface area contributed by atoms with Crippen molar-refractivity contribution in [3.8, 4) is 0 Å². The lowest BCUT2D eigenvalue weighted by molar-refractivity contribution is 0.449. The standard InChI is InChI=1S/C16H31NS/c1-4-6-7-8-9-11-15(10-5-2)16-14(3)18-13-12-17-16/h15,17H,4-13H2,1-3H3. The summed E-state index contributed by atoms with van der Waals surface area (Å²) in [5.74, 6) is 2.04. The molecule has 1 atom stereocenters. The number of thioether (sulfide) groups is 1. The molecule has 18 heavy (non-hydrogen) atoms. The van der Waals surface area contributed by atoms with E-state index in [1.165, 1.54) is 57.1 Å². The van der Waals surface area contributed by atoms with E-state index in [0.717, 1.165) is 12.5 Å². The zero-order chi connectivity index (χ0) is 13.2. The molecule has 1 nitrogen and oxygen atoms in total. The molecule has 1 aliphatic heterocycles. The maximum absolute atomic E-state index is 3.66. The quantitative estimate of drug-likeness (QED) is 0.568. The molecule has 0 fully saturated rings. The van der Waals surface area contributed by atoms with E-state index >= 15 is 0 Å². The van der Waals surface area contributed by atoms with Crippen molar-refractivity contribution < 1.29 is 0 Å². The SMILES string of the molecule is CCCCCCCC(CCC)C1=C(C)SCCN1. The summed E-state index contributed by atoms with van der Waals surface area (Å²) in [5, 5.41) is 3.66. The van der Waals surface area contributed by atoms with Crippen LogP contribution in [0.3, 0.4) is 0 Å². The topological polar surface area (TPSA) is 12.0 Å². The van der Waals surface area contributed by atoms with Crippen molar-refractivity contribution in [2.45, 2.75) is 72.1 Å². The summed E-state index contributed by atoms with van der Waals surface area (Å²) in [6.45, 7) is 8.06. The lowest BCUT2D eigenvalue weighted by Crippen LogP contribution is -2.27. The van der Waals surface area contributed by atoms with Crippen molar-refractivity contribution in [3.05, 3.63) is 10.6 Å². The highest BCUT2D eigenvalue weighted by Crippen LogP contribution is 2.31. The second-order valence-electron chi connectivity index (χ2n) is 5.43. The Labute approximate surface area is 118 Å². The second kappa shape index (κ2) is 9.77. The van der Waals surface area contributed by atoms with Crippen LogP contribution in [-0.4, -0.2) is 12.3 Å². The van der Waals surface area contributed by atoms with Gasteiger partial charge in [0.2, 0.25) is 0 Å². The monoisotopic (exact) mass is 269 g/mol. The second-order valence-corrected chi connectivity index (χ2v) is 6.74. The normalized spacial score (nSPS) is 17.7. The summed E-state index contributed by atoms with van der Waals surface area (Å²) >= 11 is 2.04. The number of rotatable bonds is 9. The third-order valence-corrected chi connectivity index (χ3v) is 4.88. The van der Waals surface area contributed by atoms with Crippen LogP contribution in [0.5, 0.6) is 0 Å². The van der Waals surface area contributed by atoms with Crippen molar-refractivity contribution in [2.75, 3.05) is 12.3 Å². The van der Waals surface area contributed by atoms with Crippen LogP contribution in [0.1, 0.15) is 72.1 Å². The van der Waals surface area contributed by atoms with E-state index in [9.17, 15) is 0 Å².